The number of nitrogens with two attached hydrogens (primary N) is 1. The summed E-state index contributed by atoms with van der Waals surface area (Å²) in [6, 6.07) is 9.17. The summed E-state index contributed by atoms with van der Waals surface area (Å²) in [7, 11) is -4.35. The van der Waals surface area contributed by atoms with Crippen LogP contribution in [0.4, 0.5) is 8.78 Å². The van der Waals surface area contributed by atoms with Gasteiger partial charge in [0, 0.05) is 22.4 Å². The number of halogens is 3. The van der Waals surface area contributed by atoms with Crippen molar-refractivity contribution in [2.75, 3.05) is 6.67 Å². The summed E-state index contributed by atoms with van der Waals surface area (Å²) in [6.07, 6.45) is -3.12. The van der Waals surface area contributed by atoms with Crippen molar-refractivity contribution in [3.63, 3.8) is 0 Å². The zero-order valence-electron chi connectivity index (χ0n) is 16.2. The van der Waals surface area contributed by atoms with E-state index in [1.54, 1.807) is 0 Å². The van der Waals surface area contributed by atoms with Gasteiger partial charge < -0.3 is 15.6 Å². The number of benzene rings is 2. The van der Waals surface area contributed by atoms with E-state index in [0.29, 0.717) is 5.02 Å². The van der Waals surface area contributed by atoms with E-state index >= 15 is 0 Å². The van der Waals surface area contributed by atoms with Crippen molar-refractivity contribution < 1.29 is 31.8 Å². The lowest BCUT2D eigenvalue weighted by atomic mass is 9.64. The standard InChI is InChI=1S/C21H20ClF2NO5S/c22-11-4-6-12(7-5-11)31(28,29)21-9-8-16(26)13(10-23)17(21)19(20(25)27)30-18-14(21)2-1-3-15(18)24/h1-7,13,16-17,19,26H,8-10H2,(H2,25,27). The van der Waals surface area contributed by atoms with Gasteiger partial charge in [-0.3, -0.25) is 9.18 Å². The van der Waals surface area contributed by atoms with Crippen LogP contribution in [0.1, 0.15) is 18.4 Å². The molecule has 0 spiro atoms. The largest absolute Gasteiger partial charge is 0.477 e. The molecule has 4 rings (SSSR count). The molecule has 0 saturated heterocycles. The van der Waals surface area contributed by atoms with Crippen LogP contribution < -0.4 is 10.5 Å². The number of carbonyl (C=O) groups is 1. The number of primary amides is 1. The molecule has 2 aromatic carbocycles. The fourth-order valence-electron chi connectivity index (χ4n) is 4.99. The molecule has 3 N–H and O–H groups in total. The maximum atomic E-state index is 14.7. The number of hydrogen-bond donors (Lipinski definition) is 2. The molecule has 0 bridgehead atoms. The number of aliphatic hydroxyl groups excluding tert-OH is 1. The average Bonchev–Trinajstić information content (AvgIpc) is 2.73. The molecule has 1 fully saturated rings. The topological polar surface area (TPSA) is 107 Å². The molecular formula is C21H20ClF2NO5S. The summed E-state index contributed by atoms with van der Waals surface area (Å²) >= 11 is 5.91. The van der Waals surface area contributed by atoms with Crippen LogP contribution in [0.3, 0.4) is 0 Å². The first-order chi connectivity index (χ1) is 14.6. The molecule has 2 aromatic rings. The maximum absolute atomic E-state index is 14.7. The number of fused-ring (bicyclic) bond motifs is 3. The molecule has 1 heterocycles. The SMILES string of the molecule is NC(=O)C1Oc2c(F)cccc2C2(S(=O)(=O)c3ccc(Cl)cc3)CCC(O)C(CF)C12. The average molecular weight is 472 g/mol. The lowest BCUT2D eigenvalue weighted by Crippen LogP contribution is -2.63. The van der Waals surface area contributed by atoms with Crippen molar-refractivity contribution >= 4 is 27.3 Å². The number of rotatable bonds is 4. The van der Waals surface area contributed by atoms with Gasteiger partial charge in [0.25, 0.3) is 5.91 Å². The molecule has 5 unspecified atom stereocenters. The molecule has 31 heavy (non-hydrogen) atoms. The maximum Gasteiger partial charge on any atom is 0.258 e. The molecule has 10 heteroatoms. The van der Waals surface area contributed by atoms with Gasteiger partial charge in [0.1, 0.15) is 4.75 Å². The minimum absolute atomic E-state index is 0.0182. The fraction of sp³-hybridized carbons (Fsp3) is 0.381. The molecule has 1 aliphatic heterocycles. The van der Waals surface area contributed by atoms with Gasteiger partial charge >= 0.3 is 0 Å². The summed E-state index contributed by atoms with van der Waals surface area (Å²) in [4.78, 5) is 12.2. The summed E-state index contributed by atoms with van der Waals surface area (Å²) in [5.74, 6) is -4.97. The third kappa shape index (κ3) is 3.13. The number of ether oxygens (including phenoxy) is 1. The van der Waals surface area contributed by atoms with E-state index in [0.717, 1.165) is 6.07 Å². The first kappa shape index (κ1) is 22.0. The van der Waals surface area contributed by atoms with E-state index in [2.05, 4.69) is 0 Å². The van der Waals surface area contributed by atoms with Gasteiger partial charge in [0.15, 0.2) is 27.5 Å². The van der Waals surface area contributed by atoms with Crippen molar-refractivity contribution in [1.82, 2.24) is 0 Å². The molecule has 1 amide bonds. The molecule has 5 atom stereocenters. The lowest BCUT2D eigenvalue weighted by molar-refractivity contribution is -0.135. The highest BCUT2D eigenvalue weighted by molar-refractivity contribution is 7.92. The highest BCUT2D eigenvalue weighted by Crippen LogP contribution is 2.59. The third-order valence-corrected chi connectivity index (χ3v) is 9.16. The van der Waals surface area contributed by atoms with Gasteiger partial charge in [0.2, 0.25) is 0 Å². The van der Waals surface area contributed by atoms with Crippen molar-refractivity contribution in [3.8, 4) is 5.75 Å². The molecule has 2 aliphatic rings. The van der Waals surface area contributed by atoms with Crippen molar-refractivity contribution in [2.24, 2.45) is 17.6 Å². The Labute approximate surface area is 182 Å². The number of carbonyl (C=O) groups excluding carboxylic acids is 1. The van der Waals surface area contributed by atoms with E-state index in [9.17, 15) is 27.1 Å². The molecular weight excluding hydrogens is 452 g/mol. The number of aliphatic hydroxyl groups is 1. The molecule has 6 nitrogen and oxygen atoms in total. The van der Waals surface area contributed by atoms with Crippen LogP contribution in [-0.2, 0) is 19.4 Å². The number of hydrogen-bond acceptors (Lipinski definition) is 5. The van der Waals surface area contributed by atoms with E-state index in [1.807, 2.05) is 0 Å². The summed E-state index contributed by atoms with van der Waals surface area (Å²) in [6.45, 7) is -1.11. The zero-order chi connectivity index (χ0) is 22.6. The fourth-order valence-corrected chi connectivity index (χ4v) is 7.52. The van der Waals surface area contributed by atoms with E-state index < -0.39 is 62.8 Å². The Bertz CT molecular complexity index is 1130. The Morgan fingerprint density at radius 1 is 1.26 bits per heavy atom. The summed E-state index contributed by atoms with van der Waals surface area (Å²) < 4.78 is 60.6. The van der Waals surface area contributed by atoms with Gasteiger partial charge in [-0.25, -0.2) is 12.8 Å². The Morgan fingerprint density at radius 3 is 2.55 bits per heavy atom. The second-order valence-electron chi connectivity index (χ2n) is 7.85. The van der Waals surface area contributed by atoms with Crippen LogP contribution in [0.5, 0.6) is 5.75 Å². The van der Waals surface area contributed by atoms with E-state index in [1.165, 1.54) is 36.4 Å². The van der Waals surface area contributed by atoms with Crippen LogP contribution in [-0.4, -0.2) is 38.3 Å². The second-order valence-corrected chi connectivity index (χ2v) is 10.5. The van der Waals surface area contributed by atoms with Crippen LogP contribution in [0.25, 0.3) is 0 Å². The quantitative estimate of drug-likeness (QED) is 0.713. The summed E-state index contributed by atoms with van der Waals surface area (Å²) in [5.41, 5.74) is 5.48. The first-order valence-corrected chi connectivity index (χ1v) is 11.5. The number of alkyl halides is 1. The lowest BCUT2D eigenvalue weighted by Gasteiger charge is -2.53. The van der Waals surface area contributed by atoms with E-state index in [4.69, 9.17) is 22.1 Å². The van der Waals surface area contributed by atoms with Crippen molar-refractivity contribution in [1.29, 1.82) is 0 Å². The minimum atomic E-state index is -4.35. The van der Waals surface area contributed by atoms with Crippen LogP contribution in [0.15, 0.2) is 47.4 Å². The van der Waals surface area contributed by atoms with Crippen LogP contribution in [0, 0.1) is 17.7 Å². The van der Waals surface area contributed by atoms with Gasteiger partial charge in [-0.05, 0) is 43.2 Å². The Hall–Kier alpha value is -2.23. The van der Waals surface area contributed by atoms with Crippen molar-refractivity contribution in [2.45, 2.75) is 34.7 Å². The monoisotopic (exact) mass is 471 g/mol. The highest BCUT2D eigenvalue weighted by Gasteiger charge is 2.65. The van der Waals surface area contributed by atoms with Crippen molar-refractivity contribution in [3.05, 3.63) is 58.9 Å². The molecule has 0 aromatic heterocycles. The predicted octanol–water partition coefficient (Wildman–Crippen LogP) is 2.75. The first-order valence-electron chi connectivity index (χ1n) is 9.64. The summed E-state index contributed by atoms with van der Waals surface area (Å²) in [5, 5.41) is 10.8. The Morgan fingerprint density at radius 2 is 1.94 bits per heavy atom. The molecule has 1 aliphatic carbocycles. The predicted molar refractivity (Wildman–Crippen MR) is 109 cm³/mol. The Balaban J connectivity index is 2.08. The number of sulfone groups is 1. The number of amides is 1. The zero-order valence-corrected chi connectivity index (χ0v) is 17.7. The smallest absolute Gasteiger partial charge is 0.258 e. The van der Waals surface area contributed by atoms with Crippen LogP contribution in [0.2, 0.25) is 5.02 Å². The molecule has 0 radical (unpaired) electrons. The Kier molecular flexibility index (Phi) is 5.47. The third-order valence-electron chi connectivity index (χ3n) is 6.36. The van der Waals surface area contributed by atoms with Gasteiger partial charge in [-0.1, -0.05) is 23.7 Å². The molecule has 1 saturated carbocycles. The van der Waals surface area contributed by atoms with Gasteiger partial charge in [-0.2, -0.15) is 0 Å². The highest BCUT2D eigenvalue weighted by atomic mass is 35.5. The van der Waals surface area contributed by atoms with E-state index in [-0.39, 0.29) is 23.3 Å². The minimum Gasteiger partial charge on any atom is -0.477 e. The van der Waals surface area contributed by atoms with Crippen LogP contribution >= 0.6 is 11.6 Å². The normalized spacial score (nSPS) is 30.1. The van der Waals surface area contributed by atoms with Gasteiger partial charge in [-0.15, -0.1) is 0 Å². The number of para-hydroxylation sites is 1. The second kappa shape index (κ2) is 7.72. The molecule has 166 valence electrons. The van der Waals surface area contributed by atoms with Gasteiger partial charge in [0.05, 0.1) is 17.7 Å².